The van der Waals surface area contributed by atoms with E-state index in [9.17, 15) is 4.79 Å². The number of hydrogen-bond donors (Lipinski definition) is 0. The Labute approximate surface area is 142 Å². The van der Waals surface area contributed by atoms with Crippen molar-refractivity contribution in [3.05, 3.63) is 64.7 Å². The van der Waals surface area contributed by atoms with Crippen LogP contribution < -0.4 is 4.90 Å². The first-order chi connectivity index (χ1) is 11.2. The number of benzene rings is 2. The molecule has 0 radical (unpaired) electrons. The van der Waals surface area contributed by atoms with Crippen molar-refractivity contribution in [1.29, 1.82) is 0 Å². The van der Waals surface area contributed by atoms with Gasteiger partial charge >= 0.3 is 0 Å². The fourth-order valence-corrected chi connectivity index (χ4v) is 3.13. The molecule has 0 unspecified atom stereocenters. The third-order valence-electron chi connectivity index (χ3n) is 4.38. The summed E-state index contributed by atoms with van der Waals surface area (Å²) in [5.74, 6) is 0.0246. The second-order valence-electron chi connectivity index (χ2n) is 5.78. The summed E-state index contributed by atoms with van der Waals surface area (Å²) in [5, 5.41) is 0.523. The highest BCUT2D eigenvalue weighted by molar-refractivity contribution is 6.33. The zero-order chi connectivity index (χ0) is 16.2. The quantitative estimate of drug-likeness (QED) is 0.854. The van der Waals surface area contributed by atoms with Gasteiger partial charge in [-0.05, 0) is 36.2 Å². The molecule has 0 atom stereocenters. The molecule has 1 aliphatic heterocycles. The molecular weight excluding hydrogens is 308 g/mol. The molecule has 0 aliphatic carbocycles. The average Bonchev–Trinajstić information content (AvgIpc) is 2.62. The average molecular weight is 329 g/mol. The van der Waals surface area contributed by atoms with Gasteiger partial charge in [0.05, 0.1) is 10.6 Å². The second-order valence-corrected chi connectivity index (χ2v) is 6.19. The minimum atomic E-state index is 0.0246. The van der Waals surface area contributed by atoms with Crippen LogP contribution in [0.25, 0.3) is 0 Å². The topological polar surface area (TPSA) is 23.6 Å². The molecule has 1 saturated heterocycles. The SMILES string of the molecule is CCc1ccc(N2CCN(C(=O)c3ccccc3Cl)CC2)cc1. The standard InChI is InChI=1S/C19H21ClN2O/c1-2-15-7-9-16(10-8-15)21-11-13-22(14-12-21)19(23)17-5-3-4-6-18(17)20/h3-10H,2,11-14H2,1H3. The Bertz CT molecular complexity index is 676. The summed E-state index contributed by atoms with van der Waals surface area (Å²) >= 11 is 6.13. The van der Waals surface area contributed by atoms with Crippen LogP contribution in [-0.4, -0.2) is 37.0 Å². The molecule has 1 heterocycles. The number of amides is 1. The molecule has 0 aromatic heterocycles. The maximum Gasteiger partial charge on any atom is 0.255 e. The normalized spacial score (nSPS) is 14.9. The molecule has 1 aliphatic rings. The monoisotopic (exact) mass is 328 g/mol. The zero-order valence-electron chi connectivity index (χ0n) is 13.3. The minimum absolute atomic E-state index is 0.0246. The van der Waals surface area contributed by atoms with E-state index in [2.05, 4.69) is 36.1 Å². The van der Waals surface area contributed by atoms with Gasteiger partial charge in [-0.15, -0.1) is 0 Å². The number of aryl methyl sites for hydroxylation is 1. The highest BCUT2D eigenvalue weighted by Crippen LogP contribution is 2.21. The first kappa shape index (κ1) is 15.9. The second kappa shape index (κ2) is 7.05. The number of nitrogens with zero attached hydrogens (tertiary/aromatic N) is 2. The van der Waals surface area contributed by atoms with E-state index in [0.717, 1.165) is 32.6 Å². The lowest BCUT2D eigenvalue weighted by atomic mass is 10.1. The molecule has 4 heteroatoms. The van der Waals surface area contributed by atoms with Gasteiger partial charge < -0.3 is 9.80 Å². The summed E-state index contributed by atoms with van der Waals surface area (Å²) in [6.45, 7) is 5.30. The van der Waals surface area contributed by atoms with Crippen molar-refractivity contribution in [2.24, 2.45) is 0 Å². The molecule has 1 amide bonds. The van der Waals surface area contributed by atoms with E-state index in [1.807, 2.05) is 17.0 Å². The Kier molecular flexibility index (Phi) is 4.87. The highest BCUT2D eigenvalue weighted by atomic mass is 35.5. The molecule has 0 saturated carbocycles. The van der Waals surface area contributed by atoms with Gasteiger partial charge in [-0.3, -0.25) is 4.79 Å². The fraction of sp³-hybridized carbons (Fsp3) is 0.316. The Morgan fingerprint density at radius 2 is 1.65 bits per heavy atom. The fourth-order valence-electron chi connectivity index (χ4n) is 2.92. The van der Waals surface area contributed by atoms with Crippen LogP contribution in [0.15, 0.2) is 48.5 Å². The molecule has 0 bridgehead atoms. The lowest BCUT2D eigenvalue weighted by Gasteiger charge is -2.36. The third kappa shape index (κ3) is 3.50. The van der Waals surface area contributed by atoms with Gasteiger partial charge in [0.15, 0.2) is 0 Å². The number of anilines is 1. The summed E-state index contributed by atoms with van der Waals surface area (Å²) in [5.41, 5.74) is 3.17. The molecule has 23 heavy (non-hydrogen) atoms. The summed E-state index contributed by atoms with van der Waals surface area (Å²) in [7, 11) is 0. The molecule has 3 rings (SSSR count). The molecular formula is C19H21ClN2O. The lowest BCUT2D eigenvalue weighted by molar-refractivity contribution is 0.0747. The van der Waals surface area contributed by atoms with E-state index in [4.69, 9.17) is 11.6 Å². The van der Waals surface area contributed by atoms with Gasteiger partial charge in [0, 0.05) is 31.9 Å². The number of carbonyl (C=O) groups is 1. The minimum Gasteiger partial charge on any atom is -0.368 e. The van der Waals surface area contributed by atoms with E-state index in [-0.39, 0.29) is 5.91 Å². The molecule has 1 fully saturated rings. The molecule has 3 nitrogen and oxygen atoms in total. The Hall–Kier alpha value is -2.00. The Balaban J connectivity index is 1.64. The van der Waals surface area contributed by atoms with Gasteiger partial charge in [0.2, 0.25) is 0 Å². The van der Waals surface area contributed by atoms with E-state index >= 15 is 0 Å². The van der Waals surface area contributed by atoms with Crippen molar-refractivity contribution in [3.8, 4) is 0 Å². The van der Waals surface area contributed by atoms with Crippen LogP contribution in [0.5, 0.6) is 0 Å². The number of hydrogen-bond acceptors (Lipinski definition) is 2. The predicted molar refractivity (Wildman–Crippen MR) is 95.4 cm³/mol. The zero-order valence-corrected chi connectivity index (χ0v) is 14.1. The van der Waals surface area contributed by atoms with E-state index in [0.29, 0.717) is 10.6 Å². The van der Waals surface area contributed by atoms with Crippen molar-refractivity contribution in [1.82, 2.24) is 4.90 Å². The van der Waals surface area contributed by atoms with Gasteiger partial charge in [-0.2, -0.15) is 0 Å². The van der Waals surface area contributed by atoms with Crippen LogP contribution >= 0.6 is 11.6 Å². The summed E-state index contributed by atoms with van der Waals surface area (Å²) in [6, 6.07) is 15.9. The maximum atomic E-state index is 12.6. The van der Waals surface area contributed by atoms with Crippen LogP contribution in [0.2, 0.25) is 5.02 Å². The van der Waals surface area contributed by atoms with E-state index in [1.165, 1.54) is 11.3 Å². The summed E-state index contributed by atoms with van der Waals surface area (Å²) < 4.78 is 0. The molecule has 0 N–H and O–H groups in total. The maximum absolute atomic E-state index is 12.6. The Morgan fingerprint density at radius 3 is 2.26 bits per heavy atom. The highest BCUT2D eigenvalue weighted by Gasteiger charge is 2.23. The van der Waals surface area contributed by atoms with Crippen molar-refractivity contribution in [3.63, 3.8) is 0 Å². The van der Waals surface area contributed by atoms with Gasteiger partial charge in [-0.25, -0.2) is 0 Å². The van der Waals surface area contributed by atoms with Crippen molar-refractivity contribution >= 4 is 23.2 Å². The van der Waals surface area contributed by atoms with Crippen LogP contribution in [0.4, 0.5) is 5.69 Å². The van der Waals surface area contributed by atoms with Gasteiger partial charge in [0.25, 0.3) is 5.91 Å². The van der Waals surface area contributed by atoms with E-state index in [1.54, 1.807) is 12.1 Å². The lowest BCUT2D eigenvalue weighted by Crippen LogP contribution is -2.48. The van der Waals surface area contributed by atoms with Crippen molar-refractivity contribution < 1.29 is 4.79 Å². The number of piperazine rings is 1. The van der Waals surface area contributed by atoms with E-state index < -0.39 is 0 Å². The first-order valence-corrected chi connectivity index (χ1v) is 8.44. The van der Waals surface area contributed by atoms with Crippen LogP contribution in [0, 0.1) is 0 Å². The predicted octanol–water partition coefficient (Wildman–Crippen LogP) is 3.86. The largest absolute Gasteiger partial charge is 0.368 e. The molecule has 2 aromatic rings. The molecule has 2 aromatic carbocycles. The van der Waals surface area contributed by atoms with Gasteiger partial charge in [0.1, 0.15) is 0 Å². The van der Waals surface area contributed by atoms with Crippen molar-refractivity contribution in [2.45, 2.75) is 13.3 Å². The smallest absolute Gasteiger partial charge is 0.255 e. The number of halogens is 1. The molecule has 120 valence electrons. The van der Waals surface area contributed by atoms with Crippen LogP contribution in [-0.2, 0) is 6.42 Å². The number of carbonyl (C=O) groups excluding carboxylic acids is 1. The third-order valence-corrected chi connectivity index (χ3v) is 4.71. The van der Waals surface area contributed by atoms with Crippen molar-refractivity contribution in [2.75, 3.05) is 31.1 Å². The molecule has 0 spiro atoms. The summed E-state index contributed by atoms with van der Waals surface area (Å²) in [4.78, 5) is 16.8. The van der Waals surface area contributed by atoms with Gasteiger partial charge in [-0.1, -0.05) is 42.8 Å². The number of rotatable bonds is 3. The first-order valence-electron chi connectivity index (χ1n) is 8.06. The van der Waals surface area contributed by atoms with Crippen LogP contribution in [0.1, 0.15) is 22.8 Å². The van der Waals surface area contributed by atoms with Crippen LogP contribution in [0.3, 0.4) is 0 Å². The summed E-state index contributed by atoms with van der Waals surface area (Å²) in [6.07, 6.45) is 1.06. The Morgan fingerprint density at radius 1 is 1.00 bits per heavy atom.